The van der Waals surface area contributed by atoms with E-state index in [0.29, 0.717) is 22.8 Å². The van der Waals surface area contributed by atoms with Crippen LogP contribution in [0.1, 0.15) is 40.4 Å². The summed E-state index contributed by atoms with van der Waals surface area (Å²) in [5.41, 5.74) is 1.63. The lowest BCUT2D eigenvalue weighted by Gasteiger charge is -2.00. The van der Waals surface area contributed by atoms with Crippen LogP contribution in [0.3, 0.4) is 0 Å². The molecule has 0 aliphatic carbocycles. The molecule has 0 radical (unpaired) electrons. The third kappa shape index (κ3) is 2.87. The Morgan fingerprint density at radius 1 is 1.47 bits per heavy atom. The number of carbonyl (C=O) groups is 2. The highest BCUT2D eigenvalue weighted by Crippen LogP contribution is 2.17. The third-order valence-electron chi connectivity index (χ3n) is 2.57. The van der Waals surface area contributed by atoms with Gasteiger partial charge in [0.1, 0.15) is 5.69 Å². The van der Waals surface area contributed by atoms with Crippen LogP contribution < -0.4 is 5.32 Å². The molecule has 0 unspecified atom stereocenters. The number of hydrogen-bond acceptors (Lipinski definition) is 5. The Kier molecular flexibility index (Phi) is 3.75. The topological polar surface area (TPSA) is 76.9 Å². The molecule has 0 fully saturated rings. The molecule has 0 bridgehead atoms. The van der Waals surface area contributed by atoms with Crippen LogP contribution in [0, 0.1) is 0 Å². The third-order valence-corrected chi connectivity index (χ3v) is 3.33. The summed E-state index contributed by atoms with van der Waals surface area (Å²) in [4.78, 5) is 27.3. The first kappa shape index (κ1) is 13.4. The monoisotopic (exact) mass is 278 g/mol. The van der Waals surface area contributed by atoms with Gasteiger partial charge in [-0.2, -0.15) is 5.10 Å². The van der Waals surface area contributed by atoms with Crippen molar-refractivity contribution < 1.29 is 9.59 Å². The van der Waals surface area contributed by atoms with Crippen LogP contribution in [0.4, 0.5) is 5.13 Å². The SMILES string of the molecule is CCc1nn(C)cc1C(=O)Nc1nc(C(C)=O)cs1. The molecule has 100 valence electrons. The van der Waals surface area contributed by atoms with E-state index in [1.54, 1.807) is 23.3 Å². The van der Waals surface area contributed by atoms with Gasteiger partial charge in [0.05, 0.1) is 11.3 Å². The maximum atomic E-state index is 12.1. The first-order chi connectivity index (χ1) is 9.01. The molecule has 2 heterocycles. The van der Waals surface area contributed by atoms with Crippen molar-refractivity contribution in [1.82, 2.24) is 14.8 Å². The Balaban J connectivity index is 2.18. The van der Waals surface area contributed by atoms with Gasteiger partial charge < -0.3 is 0 Å². The fraction of sp³-hybridized carbons (Fsp3) is 0.333. The number of Topliss-reactive ketones (excluding diaryl/α,β-unsaturated/α-hetero) is 1. The van der Waals surface area contributed by atoms with Crippen LogP contribution in [-0.2, 0) is 13.5 Å². The highest BCUT2D eigenvalue weighted by molar-refractivity contribution is 7.14. The van der Waals surface area contributed by atoms with E-state index in [9.17, 15) is 9.59 Å². The number of aromatic nitrogens is 3. The highest BCUT2D eigenvalue weighted by Gasteiger charge is 2.16. The highest BCUT2D eigenvalue weighted by atomic mass is 32.1. The molecule has 2 aromatic rings. The molecule has 7 heteroatoms. The summed E-state index contributed by atoms with van der Waals surface area (Å²) in [5, 5.41) is 8.94. The Morgan fingerprint density at radius 2 is 2.21 bits per heavy atom. The standard InChI is InChI=1S/C12H14N4O2S/c1-4-9-8(5-16(3)15-9)11(18)14-12-13-10(6-19-12)7(2)17/h5-6H,4H2,1-3H3,(H,13,14,18). The van der Waals surface area contributed by atoms with Crippen molar-refractivity contribution in [3.63, 3.8) is 0 Å². The maximum absolute atomic E-state index is 12.1. The van der Waals surface area contributed by atoms with E-state index in [0.717, 1.165) is 5.69 Å². The number of aryl methyl sites for hydroxylation is 2. The predicted octanol–water partition coefficient (Wildman–Crippen LogP) is 1.89. The van der Waals surface area contributed by atoms with E-state index in [1.807, 2.05) is 6.92 Å². The first-order valence-electron chi connectivity index (χ1n) is 5.81. The van der Waals surface area contributed by atoms with Crippen molar-refractivity contribution in [2.24, 2.45) is 7.05 Å². The smallest absolute Gasteiger partial charge is 0.260 e. The number of nitrogens with one attached hydrogen (secondary N) is 1. The number of rotatable bonds is 4. The fourth-order valence-electron chi connectivity index (χ4n) is 1.64. The van der Waals surface area contributed by atoms with E-state index in [1.165, 1.54) is 18.3 Å². The Bertz CT molecular complexity index is 629. The molecule has 0 saturated carbocycles. The number of hydrogen-bond donors (Lipinski definition) is 1. The zero-order valence-electron chi connectivity index (χ0n) is 10.9. The van der Waals surface area contributed by atoms with E-state index in [2.05, 4.69) is 15.4 Å². The van der Waals surface area contributed by atoms with Gasteiger partial charge in [-0.15, -0.1) is 11.3 Å². The van der Waals surface area contributed by atoms with Crippen molar-refractivity contribution in [3.8, 4) is 0 Å². The quantitative estimate of drug-likeness (QED) is 0.866. The second-order valence-electron chi connectivity index (χ2n) is 4.06. The van der Waals surface area contributed by atoms with Crippen molar-refractivity contribution in [3.05, 3.63) is 28.5 Å². The van der Waals surface area contributed by atoms with E-state index in [-0.39, 0.29) is 11.7 Å². The summed E-state index contributed by atoms with van der Waals surface area (Å²) < 4.78 is 1.61. The van der Waals surface area contributed by atoms with Crippen LogP contribution in [0.15, 0.2) is 11.6 Å². The minimum Gasteiger partial charge on any atom is -0.298 e. The molecule has 0 aliphatic heterocycles. The largest absolute Gasteiger partial charge is 0.298 e. The van der Waals surface area contributed by atoms with Crippen molar-refractivity contribution in [2.75, 3.05) is 5.32 Å². The second kappa shape index (κ2) is 5.31. The van der Waals surface area contributed by atoms with Gasteiger partial charge in [0.25, 0.3) is 5.91 Å². The first-order valence-corrected chi connectivity index (χ1v) is 6.69. The molecule has 0 spiro atoms. The summed E-state index contributed by atoms with van der Waals surface area (Å²) in [7, 11) is 1.77. The van der Waals surface area contributed by atoms with Gasteiger partial charge in [-0.25, -0.2) is 4.98 Å². The number of thiazole rings is 1. The van der Waals surface area contributed by atoms with E-state index in [4.69, 9.17) is 0 Å². The Morgan fingerprint density at radius 3 is 2.79 bits per heavy atom. The molecule has 0 atom stereocenters. The molecule has 0 aromatic carbocycles. The summed E-state index contributed by atoms with van der Waals surface area (Å²) in [6.45, 7) is 3.38. The van der Waals surface area contributed by atoms with Gasteiger partial charge in [-0.05, 0) is 6.42 Å². The van der Waals surface area contributed by atoms with Crippen LogP contribution in [-0.4, -0.2) is 26.5 Å². The van der Waals surface area contributed by atoms with Crippen LogP contribution in [0.2, 0.25) is 0 Å². The molecule has 6 nitrogen and oxygen atoms in total. The minimum atomic E-state index is -0.255. The predicted molar refractivity (Wildman–Crippen MR) is 72.7 cm³/mol. The van der Waals surface area contributed by atoms with Gasteiger partial charge in [0.2, 0.25) is 0 Å². The van der Waals surface area contributed by atoms with Crippen LogP contribution in [0.25, 0.3) is 0 Å². The van der Waals surface area contributed by atoms with E-state index >= 15 is 0 Å². The van der Waals surface area contributed by atoms with Crippen molar-refractivity contribution >= 4 is 28.2 Å². The average Bonchev–Trinajstić information content (AvgIpc) is 2.95. The van der Waals surface area contributed by atoms with Gasteiger partial charge in [-0.3, -0.25) is 19.6 Å². The average molecular weight is 278 g/mol. The van der Waals surface area contributed by atoms with E-state index < -0.39 is 0 Å². The van der Waals surface area contributed by atoms with Gasteiger partial charge in [0.15, 0.2) is 10.9 Å². The molecule has 0 saturated heterocycles. The molecule has 0 aliphatic rings. The second-order valence-corrected chi connectivity index (χ2v) is 4.92. The van der Waals surface area contributed by atoms with Crippen LogP contribution >= 0.6 is 11.3 Å². The Labute approximate surface area is 114 Å². The summed E-state index contributed by atoms with van der Waals surface area (Å²) in [5.74, 6) is -0.373. The molecular weight excluding hydrogens is 264 g/mol. The maximum Gasteiger partial charge on any atom is 0.260 e. The lowest BCUT2D eigenvalue weighted by molar-refractivity contribution is 0.100. The van der Waals surface area contributed by atoms with Gasteiger partial charge in [-0.1, -0.05) is 6.92 Å². The normalized spacial score (nSPS) is 10.5. The zero-order valence-corrected chi connectivity index (χ0v) is 11.7. The van der Waals surface area contributed by atoms with Crippen LogP contribution in [0.5, 0.6) is 0 Å². The lowest BCUT2D eigenvalue weighted by atomic mass is 10.2. The summed E-state index contributed by atoms with van der Waals surface area (Å²) in [6, 6.07) is 0. The molecule has 2 aromatic heterocycles. The summed E-state index contributed by atoms with van der Waals surface area (Å²) >= 11 is 1.23. The molecule has 2 rings (SSSR count). The molecule has 1 amide bonds. The molecular formula is C12H14N4O2S. The number of ketones is 1. The number of anilines is 1. The zero-order chi connectivity index (χ0) is 14.0. The molecule has 1 N–H and O–H groups in total. The molecule has 19 heavy (non-hydrogen) atoms. The fourth-order valence-corrected chi connectivity index (χ4v) is 2.39. The summed E-state index contributed by atoms with van der Waals surface area (Å²) in [6.07, 6.45) is 2.35. The van der Waals surface area contributed by atoms with Gasteiger partial charge in [0, 0.05) is 25.5 Å². The van der Waals surface area contributed by atoms with Crippen molar-refractivity contribution in [2.45, 2.75) is 20.3 Å². The number of nitrogens with zero attached hydrogens (tertiary/aromatic N) is 3. The Hall–Kier alpha value is -2.02. The van der Waals surface area contributed by atoms with Crippen molar-refractivity contribution in [1.29, 1.82) is 0 Å². The number of amides is 1. The van der Waals surface area contributed by atoms with Gasteiger partial charge >= 0.3 is 0 Å². The minimum absolute atomic E-state index is 0.118. The lowest BCUT2D eigenvalue weighted by Crippen LogP contribution is -2.13. The number of carbonyl (C=O) groups excluding carboxylic acids is 2.